The monoisotopic (exact) mass is 213 g/mol. The molecule has 1 amide bonds. The van der Waals surface area contributed by atoms with E-state index in [1.54, 1.807) is 0 Å². The lowest BCUT2D eigenvalue weighted by Gasteiger charge is -2.20. The molecule has 3 nitrogen and oxygen atoms in total. The smallest absolute Gasteiger partial charge is 0.223 e. The number of aliphatic hydroxyl groups is 1. The average molecular weight is 213 g/mol. The van der Waals surface area contributed by atoms with Crippen molar-refractivity contribution in [2.75, 3.05) is 6.61 Å². The van der Waals surface area contributed by atoms with Crippen LogP contribution in [0.1, 0.15) is 46.0 Å². The van der Waals surface area contributed by atoms with Crippen LogP contribution in [0.5, 0.6) is 0 Å². The van der Waals surface area contributed by atoms with Gasteiger partial charge < -0.3 is 10.4 Å². The van der Waals surface area contributed by atoms with Crippen molar-refractivity contribution in [1.82, 2.24) is 5.32 Å². The van der Waals surface area contributed by atoms with Gasteiger partial charge in [0.2, 0.25) is 5.91 Å². The Morgan fingerprint density at radius 1 is 1.40 bits per heavy atom. The molecule has 0 aromatic rings. The van der Waals surface area contributed by atoms with Crippen LogP contribution in [0.15, 0.2) is 0 Å². The van der Waals surface area contributed by atoms with E-state index in [1.165, 1.54) is 12.8 Å². The highest BCUT2D eigenvalue weighted by atomic mass is 16.3. The molecule has 3 heteroatoms. The first-order chi connectivity index (χ1) is 7.13. The van der Waals surface area contributed by atoms with Crippen LogP contribution in [0.4, 0.5) is 0 Å². The third kappa shape index (κ3) is 4.20. The lowest BCUT2D eigenvalue weighted by molar-refractivity contribution is -0.125. The molecule has 1 rings (SSSR count). The van der Waals surface area contributed by atoms with Crippen molar-refractivity contribution in [3.05, 3.63) is 0 Å². The Kier molecular flexibility index (Phi) is 5.09. The summed E-state index contributed by atoms with van der Waals surface area (Å²) in [5.41, 5.74) is 0. The fraction of sp³-hybridized carbons (Fsp3) is 0.917. The van der Waals surface area contributed by atoms with Gasteiger partial charge in [-0.05, 0) is 25.2 Å². The second kappa shape index (κ2) is 6.11. The van der Waals surface area contributed by atoms with Crippen LogP contribution in [-0.2, 0) is 4.79 Å². The molecule has 1 fully saturated rings. The minimum absolute atomic E-state index is 0.0522. The molecule has 15 heavy (non-hydrogen) atoms. The van der Waals surface area contributed by atoms with Gasteiger partial charge in [-0.2, -0.15) is 0 Å². The van der Waals surface area contributed by atoms with Gasteiger partial charge in [0, 0.05) is 5.92 Å². The second-order valence-electron chi connectivity index (χ2n) is 5.00. The highest BCUT2D eigenvalue weighted by Crippen LogP contribution is 2.24. The van der Waals surface area contributed by atoms with Gasteiger partial charge in [-0.1, -0.05) is 26.7 Å². The Balaban J connectivity index is 2.33. The fourth-order valence-electron chi connectivity index (χ4n) is 2.26. The van der Waals surface area contributed by atoms with E-state index in [1.807, 2.05) is 0 Å². The van der Waals surface area contributed by atoms with Crippen LogP contribution < -0.4 is 5.32 Å². The predicted octanol–water partition coefficient (Wildman–Crippen LogP) is 1.70. The maximum Gasteiger partial charge on any atom is 0.223 e. The van der Waals surface area contributed by atoms with Crippen LogP contribution in [0, 0.1) is 11.8 Å². The standard InChI is InChI=1S/C12H23NO2/c1-9(2)7-11(8-14)13-12(15)10-5-3-4-6-10/h9-11,14H,3-8H2,1-2H3,(H,13,15). The fourth-order valence-corrected chi connectivity index (χ4v) is 2.26. The summed E-state index contributed by atoms with van der Waals surface area (Å²) in [6.07, 6.45) is 5.24. The Labute approximate surface area is 92.3 Å². The van der Waals surface area contributed by atoms with Gasteiger partial charge >= 0.3 is 0 Å². The van der Waals surface area contributed by atoms with Crippen LogP contribution in [0.25, 0.3) is 0 Å². The van der Waals surface area contributed by atoms with E-state index in [4.69, 9.17) is 5.11 Å². The van der Waals surface area contributed by atoms with Crippen LogP contribution >= 0.6 is 0 Å². The van der Waals surface area contributed by atoms with Crippen molar-refractivity contribution in [3.63, 3.8) is 0 Å². The molecule has 0 aliphatic heterocycles. The first kappa shape index (κ1) is 12.5. The number of carbonyl (C=O) groups is 1. The second-order valence-corrected chi connectivity index (χ2v) is 5.00. The lowest BCUT2D eigenvalue weighted by atomic mass is 10.0. The third-order valence-electron chi connectivity index (χ3n) is 3.05. The van der Waals surface area contributed by atoms with Gasteiger partial charge in [0.25, 0.3) is 0 Å². The van der Waals surface area contributed by atoms with E-state index >= 15 is 0 Å². The minimum atomic E-state index is -0.0573. The summed E-state index contributed by atoms with van der Waals surface area (Å²) in [6.45, 7) is 4.26. The van der Waals surface area contributed by atoms with Crippen LogP contribution in [-0.4, -0.2) is 23.7 Å². The van der Waals surface area contributed by atoms with Gasteiger partial charge in [0.15, 0.2) is 0 Å². The molecule has 0 heterocycles. The van der Waals surface area contributed by atoms with Crippen molar-refractivity contribution in [3.8, 4) is 0 Å². The average Bonchev–Trinajstić information content (AvgIpc) is 2.68. The normalized spacial score (nSPS) is 19.5. The molecule has 2 N–H and O–H groups in total. The van der Waals surface area contributed by atoms with Crippen LogP contribution in [0.2, 0.25) is 0 Å². The van der Waals surface area contributed by atoms with Crippen LogP contribution in [0.3, 0.4) is 0 Å². The number of hydrogen-bond donors (Lipinski definition) is 2. The van der Waals surface area contributed by atoms with E-state index in [-0.39, 0.29) is 24.5 Å². The topological polar surface area (TPSA) is 49.3 Å². The quantitative estimate of drug-likeness (QED) is 0.730. The number of amides is 1. The molecule has 0 saturated heterocycles. The zero-order valence-corrected chi connectivity index (χ0v) is 9.83. The third-order valence-corrected chi connectivity index (χ3v) is 3.05. The summed E-state index contributed by atoms with van der Waals surface area (Å²) in [5.74, 6) is 0.851. The zero-order valence-electron chi connectivity index (χ0n) is 9.83. The maximum atomic E-state index is 11.8. The molecule has 88 valence electrons. The van der Waals surface area contributed by atoms with Crippen molar-refractivity contribution in [2.24, 2.45) is 11.8 Å². The van der Waals surface area contributed by atoms with Crippen molar-refractivity contribution in [1.29, 1.82) is 0 Å². The van der Waals surface area contributed by atoms with E-state index < -0.39 is 0 Å². The molecule has 1 aliphatic carbocycles. The first-order valence-corrected chi connectivity index (χ1v) is 6.04. The highest BCUT2D eigenvalue weighted by molar-refractivity contribution is 5.79. The minimum Gasteiger partial charge on any atom is -0.394 e. The maximum absolute atomic E-state index is 11.8. The summed E-state index contributed by atoms with van der Waals surface area (Å²) in [4.78, 5) is 11.8. The Morgan fingerprint density at radius 2 is 2.00 bits per heavy atom. The first-order valence-electron chi connectivity index (χ1n) is 6.04. The molecule has 0 aromatic carbocycles. The van der Waals surface area contributed by atoms with Gasteiger partial charge in [-0.3, -0.25) is 4.79 Å². The highest BCUT2D eigenvalue weighted by Gasteiger charge is 2.24. The number of rotatable bonds is 5. The molecule has 0 radical (unpaired) electrons. The number of aliphatic hydroxyl groups excluding tert-OH is 1. The largest absolute Gasteiger partial charge is 0.394 e. The summed E-state index contributed by atoms with van der Waals surface area (Å²) in [5, 5.41) is 12.1. The van der Waals surface area contributed by atoms with Gasteiger partial charge in [-0.15, -0.1) is 0 Å². The van der Waals surface area contributed by atoms with Gasteiger partial charge in [0.1, 0.15) is 0 Å². The molecular formula is C12H23NO2. The molecule has 0 aromatic heterocycles. The van der Waals surface area contributed by atoms with Crippen molar-refractivity contribution in [2.45, 2.75) is 52.0 Å². The number of nitrogens with one attached hydrogen (secondary N) is 1. The Morgan fingerprint density at radius 3 is 2.47 bits per heavy atom. The Bertz CT molecular complexity index is 198. The molecular weight excluding hydrogens is 190 g/mol. The summed E-state index contributed by atoms with van der Waals surface area (Å²) in [7, 11) is 0. The van der Waals surface area contributed by atoms with Crippen molar-refractivity contribution < 1.29 is 9.90 Å². The summed E-state index contributed by atoms with van der Waals surface area (Å²) < 4.78 is 0. The predicted molar refractivity (Wildman–Crippen MR) is 60.4 cm³/mol. The number of carbonyl (C=O) groups excluding carboxylic acids is 1. The van der Waals surface area contributed by atoms with E-state index in [0.717, 1.165) is 19.3 Å². The summed E-state index contributed by atoms with van der Waals surface area (Å²) >= 11 is 0. The zero-order chi connectivity index (χ0) is 11.3. The van der Waals surface area contributed by atoms with E-state index in [0.29, 0.717) is 5.92 Å². The SMILES string of the molecule is CC(C)CC(CO)NC(=O)C1CCCC1. The van der Waals surface area contributed by atoms with Gasteiger partial charge in [-0.25, -0.2) is 0 Å². The Hall–Kier alpha value is -0.570. The molecule has 1 unspecified atom stereocenters. The van der Waals surface area contributed by atoms with E-state index in [2.05, 4.69) is 19.2 Å². The van der Waals surface area contributed by atoms with Gasteiger partial charge in [0.05, 0.1) is 12.6 Å². The molecule has 1 saturated carbocycles. The van der Waals surface area contributed by atoms with Crippen molar-refractivity contribution >= 4 is 5.91 Å². The summed E-state index contributed by atoms with van der Waals surface area (Å²) in [6, 6.07) is -0.0573. The number of hydrogen-bond acceptors (Lipinski definition) is 2. The molecule has 0 spiro atoms. The molecule has 0 bridgehead atoms. The van der Waals surface area contributed by atoms with E-state index in [9.17, 15) is 4.79 Å². The lowest BCUT2D eigenvalue weighted by Crippen LogP contribution is -2.41. The molecule has 1 aliphatic rings. The molecule has 1 atom stereocenters.